The zero-order valence-corrected chi connectivity index (χ0v) is 14.1. The molecule has 0 amide bonds. The number of nitrogens with one attached hydrogen (secondary N) is 1. The van der Waals surface area contributed by atoms with Crippen LogP contribution < -0.4 is 5.32 Å². The first kappa shape index (κ1) is 17.7. The average molecular weight is 342 g/mol. The summed E-state index contributed by atoms with van der Waals surface area (Å²) in [5.41, 5.74) is 0.152. The Hall–Kier alpha value is -1.67. The molecule has 0 aliphatic carbocycles. The molecule has 1 heterocycles. The second kappa shape index (κ2) is 7.27. The molecule has 0 aromatic heterocycles. The first-order valence-electron chi connectivity index (χ1n) is 7.65. The molecule has 23 heavy (non-hydrogen) atoms. The maximum atomic E-state index is 11.6. The van der Waals surface area contributed by atoms with Crippen molar-refractivity contribution in [3.63, 3.8) is 0 Å². The van der Waals surface area contributed by atoms with E-state index in [2.05, 4.69) is 5.32 Å². The molecule has 0 radical (unpaired) electrons. The Morgan fingerprint density at radius 1 is 1.39 bits per heavy atom. The topological polar surface area (TPSA) is 98.5 Å². The number of benzene rings is 1. The fourth-order valence-electron chi connectivity index (χ4n) is 2.89. The van der Waals surface area contributed by atoms with Crippen molar-refractivity contribution < 1.29 is 18.1 Å². The van der Waals surface area contributed by atoms with Crippen molar-refractivity contribution in [3.05, 3.63) is 28.3 Å². The van der Waals surface area contributed by atoms with Crippen LogP contribution in [0, 0.1) is 16.0 Å². The lowest BCUT2D eigenvalue weighted by atomic mass is 9.90. The van der Waals surface area contributed by atoms with E-state index >= 15 is 0 Å². The van der Waals surface area contributed by atoms with Crippen LogP contribution in [0.25, 0.3) is 0 Å². The molecule has 0 spiro atoms. The van der Waals surface area contributed by atoms with Gasteiger partial charge in [0.2, 0.25) is 0 Å². The third kappa shape index (κ3) is 4.42. The van der Waals surface area contributed by atoms with E-state index in [4.69, 9.17) is 4.74 Å². The van der Waals surface area contributed by atoms with Crippen molar-refractivity contribution in [1.29, 1.82) is 0 Å². The van der Waals surface area contributed by atoms with Crippen molar-refractivity contribution >= 4 is 21.2 Å². The molecule has 1 aliphatic rings. The Bertz CT molecular complexity index is 668. The summed E-state index contributed by atoms with van der Waals surface area (Å²) in [4.78, 5) is 10.7. The molecule has 8 heteroatoms. The summed E-state index contributed by atoms with van der Waals surface area (Å²) in [7, 11) is -3.48. The van der Waals surface area contributed by atoms with Crippen LogP contribution in [0.5, 0.6) is 0 Å². The van der Waals surface area contributed by atoms with E-state index in [1.54, 1.807) is 0 Å². The van der Waals surface area contributed by atoms with Crippen molar-refractivity contribution in [2.24, 2.45) is 5.92 Å². The number of anilines is 1. The molecule has 1 saturated heterocycles. The summed E-state index contributed by atoms with van der Waals surface area (Å²) < 4.78 is 28.5. The normalized spacial score (nSPS) is 17.7. The first-order chi connectivity index (χ1) is 10.8. The summed E-state index contributed by atoms with van der Waals surface area (Å²) >= 11 is 0. The summed E-state index contributed by atoms with van der Waals surface area (Å²) in [5, 5.41) is 14.5. The predicted molar refractivity (Wildman–Crippen MR) is 87.5 cm³/mol. The Morgan fingerprint density at radius 3 is 2.57 bits per heavy atom. The minimum atomic E-state index is -3.48. The molecule has 1 aromatic rings. The van der Waals surface area contributed by atoms with Gasteiger partial charge in [-0.05, 0) is 37.3 Å². The van der Waals surface area contributed by atoms with Crippen molar-refractivity contribution in [2.45, 2.75) is 37.1 Å². The fourth-order valence-corrected chi connectivity index (χ4v) is 3.53. The highest BCUT2D eigenvalue weighted by Crippen LogP contribution is 2.31. The standard InChI is InChI=1S/C15H22N2O5S/c1-3-13(11-6-8-22-9-7-11)16-14-5-4-12(23(2,20)21)10-15(14)17(18)19/h4-5,10-11,13,16H,3,6-9H2,1-2H3/t13-/m0/s1. The monoisotopic (exact) mass is 342 g/mol. The van der Waals surface area contributed by atoms with E-state index in [1.165, 1.54) is 12.1 Å². The average Bonchev–Trinajstić information content (AvgIpc) is 2.52. The van der Waals surface area contributed by atoms with E-state index in [0.717, 1.165) is 31.6 Å². The quantitative estimate of drug-likeness (QED) is 0.630. The molecule has 7 nitrogen and oxygen atoms in total. The second-order valence-corrected chi connectivity index (χ2v) is 7.83. The van der Waals surface area contributed by atoms with E-state index < -0.39 is 14.8 Å². The molecule has 128 valence electrons. The molecule has 0 bridgehead atoms. The predicted octanol–water partition coefficient (Wildman–Crippen LogP) is 2.62. The molecule has 2 rings (SSSR count). The number of nitro benzene ring substituents is 1. The van der Waals surface area contributed by atoms with E-state index in [1.807, 2.05) is 6.92 Å². The molecular formula is C15H22N2O5S. The SMILES string of the molecule is CC[C@H](Nc1ccc(S(C)(=O)=O)cc1[N+](=O)[O-])C1CCOCC1. The van der Waals surface area contributed by atoms with Gasteiger partial charge < -0.3 is 10.1 Å². The minimum Gasteiger partial charge on any atom is -0.381 e. The van der Waals surface area contributed by atoms with Gasteiger partial charge in [-0.15, -0.1) is 0 Å². The summed E-state index contributed by atoms with van der Waals surface area (Å²) in [6, 6.07) is 4.10. The van der Waals surface area contributed by atoms with Crippen LogP contribution in [-0.4, -0.2) is 38.9 Å². The highest BCUT2D eigenvalue weighted by Gasteiger charge is 2.26. The third-order valence-corrected chi connectivity index (χ3v) is 5.32. The van der Waals surface area contributed by atoms with Gasteiger partial charge >= 0.3 is 0 Å². The lowest BCUT2D eigenvalue weighted by Gasteiger charge is -2.30. The maximum absolute atomic E-state index is 11.6. The van der Waals surface area contributed by atoms with Crippen LogP contribution in [0.4, 0.5) is 11.4 Å². The molecular weight excluding hydrogens is 320 g/mol. The first-order valence-corrected chi connectivity index (χ1v) is 9.55. The van der Waals surface area contributed by atoms with Crippen molar-refractivity contribution in [1.82, 2.24) is 0 Å². The third-order valence-electron chi connectivity index (χ3n) is 4.21. The Balaban J connectivity index is 2.28. The van der Waals surface area contributed by atoms with Crippen LogP contribution in [0.1, 0.15) is 26.2 Å². The largest absolute Gasteiger partial charge is 0.381 e. The minimum absolute atomic E-state index is 0.0473. The van der Waals surface area contributed by atoms with E-state index in [0.29, 0.717) is 24.8 Å². The lowest BCUT2D eigenvalue weighted by Crippen LogP contribution is -2.33. The number of ether oxygens (including phenoxy) is 1. The highest BCUT2D eigenvalue weighted by atomic mass is 32.2. The van der Waals surface area contributed by atoms with Crippen LogP contribution >= 0.6 is 0 Å². The Kier molecular flexibility index (Phi) is 5.59. The molecule has 1 atom stereocenters. The molecule has 1 fully saturated rings. The molecule has 0 saturated carbocycles. The molecule has 1 N–H and O–H groups in total. The van der Waals surface area contributed by atoms with Crippen molar-refractivity contribution in [2.75, 3.05) is 24.8 Å². The number of nitro groups is 1. The number of hydrogen-bond acceptors (Lipinski definition) is 6. The fraction of sp³-hybridized carbons (Fsp3) is 0.600. The lowest BCUT2D eigenvalue weighted by molar-refractivity contribution is -0.384. The van der Waals surface area contributed by atoms with E-state index in [9.17, 15) is 18.5 Å². The summed E-state index contributed by atoms with van der Waals surface area (Å²) in [5.74, 6) is 0.392. The Morgan fingerprint density at radius 2 is 2.04 bits per heavy atom. The zero-order valence-electron chi connectivity index (χ0n) is 13.3. The van der Waals surface area contributed by atoms with Crippen LogP contribution in [0.15, 0.2) is 23.1 Å². The van der Waals surface area contributed by atoms with Gasteiger partial charge in [0, 0.05) is 31.6 Å². The van der Waals surface area contributed by atoms with Gasteiger partial charge in [-0.25, -0.2) is 8.42 Å². The van der Waals surface area contributed by atoms with Gasteiger partial charge in [0.05, 0.1) is 9.82 Å². The van der Waals surface area contributed by atoms with Crippen molar-refractivity contribution in [3.8, 4) is 0 Å². The number of rotatable bonds is 6. The van der Waals surface area contributed by atoms with Gasteiger partial charge in [0.25, 0.3) is 5.69 Å². The van der Waals surface area contributed by atoms with Crippen LogP contribution in [-0.2, 0) is 14.6 Å². The zero-order chi connectivity index (χ0) is 17.0. The van der Waals surface area contributed by atoms with Gasteiger partial charge in [-0.1, -0.05) is 6.92 Å². The number of nitrogens with zero attached hydrogens (tertiary/aromatic N) is 1. The molecule has 0 unspecified atom stereocenters. The van der Waals surface area contributed by atoms with Gasteiger partial charge in [-0.3, -0.25) is 10.1 Å². The van der Waals surface area contributed by atoms with Crippen LogP contribution in [0.2, 0.25) is 0 Å². The Labute approximate surface area is 136 Å². The van der Waals surface area contributed by atoms with E-state index in [-0.39, 0.29) is 16.6 Å². The van der Waals surface area contributed by atoms with Gasteiger partial charge in [0.15, 0.2) is 9.84 Å². The molecule has 1 aromatic carbocycles. The van der Waals surface area contributed by atoms with Gasteiger partial charge in [-0.2, -0.15) is 0 Å². The molecule has 1 aliphatic heterocycles. The van der Waals surface area contributed by atoms with Crippen LogP contribution in [0.3, 0.4) is 0 Å². The summed E-state index contributed by atoms with van der Waals surface area (Å²) in [6.45, 7) is 3.44. The second-order valence-electron chi connectivity index (χ2n) is 5.82. The highest BCUT2D eigenvalue weighted by molar-refractivity contribution is 7.90. The number of sulfone groups is 1. The smallest absolute Gasteiger partial charge is 0.293 e. The summed E-state index contributed by atoms with van der Waals surface area (Å²) in [6.07, 6.45) is 3.70. The maximum Gasteiger partial charge on any atom is 0.293 e. The van der Waals surface area contributed by atoms with Gasteiger partial charge in [0.1, 0.15) is 5.69 Å². The number of hydrogen-bond donors (Lipinski definition) is 1.